The highest BCUT2D eigenvalue weighted by molar-refractivity contribution is 7.99. The minimum absolute atomic E-state index is 0.155. The monoisotopic (exact) mass is 508 g/mol. The smallest absolute Gasteiger partial charge is 0.332 e. The molecule has 0 spiro atoms. The van der Waals surface area contributed by atoms with Gasteiger partial charge in [-0.05, 0) is 12.1 Å². The Bertz CT molecular complexity index is 1560. The first-order chi connectivity index (χ1) is 17.3. The SMILES string of the molecule is COc1ccc(-n2c(SCC(=O)c3c(N)n(C)c(=O)n(C)c3=O)nnc2-c2ccccc2)cc1OC. The Balaban J connectivity index is 1.76. The van der Waals surface area contributed by atoms with E-state index in [1.54, 1.807) is 23.8 Å². The van der Waals surface area contributed by atoms with Crippen LogP contribution in [0.4, 0.5) is 5.82 Å². The van der Waals surface area contributed by atoms with Gasteiger partial charge in [0.1, 0.15) is 11.4 Å². The number of methoxy groups -OCH3 is 2. The topological polar surface area (TPSA) is 136 Å². The second-order valence-electron chi connectivity index (χ2n) is 7.72. The van der Waals surface area contributed by atoms with Crippen molar-refractivity contribution in [1.82, 2.24) is 23.9 Å². The standard InChI is InChI=1S/C24H24N6O5S/c1-28-20(25)19(22(32)29(2)24(28)33)16(31)13-36-23-27-26-21(14-8-6-5-7-9-14)30(23)15-10-11-17(34-3)18(12-15)35-4/h5-12H,13,25H2,1-4H3. The first kappa shape index (κ1) is 24.8. The average Bonchev–Trinajstić information content (AvgIpc) is 3.33. The summed E-state index contributed by atoms with van der Waals surface area (Å²) in [6.45, 7) is 0. The van der Waals surface area contributed by atoms with Crippen molar-refractivity contribution in [3.63, 3.8) is 0 Å². The van der Waals surface area contributed by atoms with E-state index < -0.39 is 17.0 Å². The second kappa shape index (κ2) is 10.1. The van der Waals surface area contributed by atoms with Crippen molar-refractivity contribution in [3.8, 4) is 28.6 Å². The third-order valence-corrected chi connectivity index (χ3v) is 6.54. The molecular weight excluding hydrogens is 484 g/mol. The van der Waals surface area contributed by atoms with Gasteiger partial charge in [0, 0.05) is 25.7 Å². The number of Topliss-reactive ketones (excluding diaryl/α,β-unsaturated/α-hetero) is 1. The molecule has 36 heavy (non-hydrogen) atoms. The first-order valence-electron chi connectivity index (χ1n) is 10.7. The molecule has 0 unspecified atom stereocenters. The van der Waals surface area contributed by atoms with Crippen LogP contribution < -0.4 is 26.5 Å². The molecule has 2 aromatic carbocycles. The molecule has 2 aromatic heterocycles. The number of rotatable bonds is 8. The maximum Gasteiger partial charge on any atom is 0.332 e. The Morgan fingerprint density at radius 2 is 1.67 bits per heavy atom. The Labute approximate surface area is 210 Å². The Morgan fingerprint density at radius 3 is 2.33 bits per heavy atom. The maximum absolute atomic E-state index is 13.1. The highest BCUT2D eigenvalue weighted by atomic mass is 32.2. The zero-order chi connectivity index (χ0) is 26.0. The highest BCUT2D eigenvalue weighted by Gasteiger charge is 2.23. The van der Waals surface area contributed by atoms with Crippen LogP contribution in [0.25, 0.3) is 17.1 Å². The number of nitrogen functional groups attached to an aromatic ring is 1. The fourth-order valence-electron chi connectivity index (χ4n) is 3.66. The van der Waals surface area contributed by atoms with Gasteiger partial charge in [0.15, 0.2) is 28.3 Å². The van der Waals surface area contributed by atoms with Crippen LogP contribution in [0.3, 0.4) is 0 Å². The van der Waals surface area contributed by atoms with Gasteiger partial charge < -0.3 is 15.2 Å². The predicted octanol–water partition coefficient (Wildman–Crippen LogP) is 1.91. The summed E-state index contributed by atoms with van der Waals surface area (Å²) in [7, 11) is 5.79. The number of anilines is 1. The third kappa shape index (κ3) is 4.38. The van der Waals surface area contributed by atoms with E-state index in [0.29, 0.717) is 28.2 Å². The molecule has 0 bridgehead atoms. The van der Waals surface area contributed by atoms with Gasteiger partial charge in [-0.1, -0.05) is 42.1 Å². The summed E-state index contributed by atoms with van der Waals surface area (Å²) in [4.78, 5) is 37.8. The predicted molar refractivity (Wildman–Crippen MR) is 136 cm³/mol. The number of hydrogen-bond donors (Lipinski definition) is 1. The highest BCUT2D eigenvalue weighted by Crippen LogP contribution is 2.33. The molecule has 2 N–H and O–H groups in total. The Hall–Kier alpha value is -4.32. The first-order valence-corrected chi connectivity index (χ1v) is 11.7. The summed E-state index contributed by atoms with van der Waals surface area (Å²) in [5.74, 6) is 0.752. The van der Waals surface area contributed by atoms with E-state index >= 15 is 0 Å². The Kier molecular flexibility index (Phi) is 6.97. The minimum atomic E-state index is -0.743. The number of aromatic nitrogens is 5. The molecule has 0 amide bonds. The van der Waals surface area contributed by atoms with Crippen LogP contribution in [0.15, 0.2) is 63.3 Å². The summed E-state index contributed by atoms with van der Waals surface area (Å²) in [6.07, 6.45) is 0. The molecule has 0 saturated heterocycles. The quantitative estimate of drug-likeness (QED) is 0.279. The summed E-state index contributed by atoms with van der Waals surface area (Å²) in [5, 5.41) is 9.08. The summed E-state index contributed by atoms with van der Waals surface area (Å²) in [6, 6.07) is 14.8. The molecule has 0 aliphatic heterocycles. The van der Waals surface area contributed by atoms with Crippen molar-refractivity contribution in [1.29, 1.82) is 0 Å². The van der Waals surface area contributed by atoms with Crippen molar-refractivity contribution >= 4 is 23.4 Å². The van der Waals surface area contributed by atoms with E-state index in [-0.39, 0.29) is 17.1 Å². The lowest BCUT2D eigenvalue weighted by atomic mass is 10.2. The Morgan fingerprint density at radius 1 is 0.972 bits per heavy atom. The van der Waals surface area contributed by atoms with E-state index in [4.69, 9.17) is 15.2 Å². The minimum Gasteiger partial charge on any atom is -0.493 e. The summed E-state index contributed by atoms with van der Waals surface area (Å²) < 4.78 is 14.5. The van der Waals surface area contributed by atoms with Crippen LogP contribution in [-0.2, 0) is 14.1 Å². The lowest BCUT2D eigenvalue weighted by Crippen LogP contribution is -2.41. The van der Waals surface area contributed by atoms with Crippen LogP contribution in [0.2, 0.25) is 0 Å². The molecular formula is C24H24N6O5S. The number of ether oxygens (including phenoxy) is 2. The molecule has 186 valence electrons. The van der Waals surface area contributed by atoms with E-state index in [2.05, 4.69) is 10.2 Å². The van der Waals surface area contributed by atoms with Crippen molar-refractivity contribution < 1.29 is 14.3 Å². The van der Waals surface area contributed by atoms with Crippen molar-refractivity contribution in [2.75, 3.05) is 25.7 Å². The fraction of sp³-hybridized carbons (Fsp3) is 0.208. The number of carbonyl (C=O) groups is 1. The van der Waals surface area contributed by atoms with Crippen LogP contribution in [-0.4, -0.2) is 49.7 Å². The number of thioether (sulfide) groups is 1. The number of ketones is 1. The van der Waals surface area contributed by atoms with Gasteiger partial charge in [0.25, 0.3) is 5.56 Å². The normalized spacial score (nSPS) is 10.9. The zero-order valence-corrected chi connectivity index (χ0v) is 20.9. The second-order valence-corrected chi connectivity index (χ2v) is 8.67. The van der Waals surface area contributed by atoms with E-state index in [1.165, 1.54) is 21.2 Å². The van der Waals surface area contributed by atoms with Gasteiger partial charge in [0.05, 0.1) is 25.7 Å². The largest absolute Gasteiger partial charge is 0.493 e. The molecule has 4 aromatic rings. The van der Waals surface area contributed by atoms with Gasteiger partial charge in [-0.3, -0.25) is 23.3 Å². The lowest BCUT2D eigenvalue weighted by molar-refractivity contribution is 0.102. The number of benzene rings is 2. The molecule has 0 aliphatic rings. The fourth-order valence-corrected chi connectivity index (χ4v) is 4.48. The lowest BCUT2D eigenvalue weighted by Gasteiger charge is -2.14. The molecule has 4 rings (SSSR count). The molecule has 12 heteroatoms. The number of hydrogen-bond acceptors (Lipinski definition) is 9. The molecule has 0 aliphatic carbocycles. The van der Waals surface area contributed by atoms with Crippen LogP contribution in [0.1, 0.15) is 10.4 Å². The van der Waals surface area contributed by atoms with Gasteiger partial charge >= 0.3 is 5.69 Å². The van der Waals surface area contributed by atoms with Gasteiger partial charge in [-0.15, -0.1) is 10.2 Å². The van der Waals surface area contributed by atoms with Gasteiger partial charge in [-0.25, -0.2) is 4.79 Å². The third-order valence-electron chi connectivity index (χ3n) is 5.61. The molecule has 11 nitrogen and oxygen atoms in total. The number of carbonyl (C=O) groups excluding carboxylic acids is 1. The molecule has 0 fully saturated rings. The summed E-state index contributed by atoms with van der Waals surface area (Å²) >= 11 is 1.09. The van der Waals surface area contributed by atoms with Crippen LogP contribution >= 0.6 is 11.8 Å². The van der Waals surface area contributed by atoms with Gasteiger partial charge in [-0.2, -0.15) is 0 Å². The zero-order valence-electron chi connectivity index (χ0n) is 20.1. The number of nitrogens with zero attached hydrogens (tertiary/aromatic N) is 5. The van der Waals surface area contributed by atoms with E-state index in [9.17, 15) is 14.4 Å². The number of nitrogens with two attached hydrogens (primary N) is 1. The van der Waals surface area contributed by atoms with Crippen molar-refractivity contribution in [2.45, 2.75) is 5.16 Å². The maximum atomic E-state index is 13.1. The van der Waals surface area contributed by atoms with Crippen LogP contribution in [0.5, 0.6) is 11.5 Å². The van der Waals surface area contributed by atoms with Crippen molar-refractivity contribution in [2.24, 2.45) is 14.1 Å². The van der Waals surface area contributed by atoms with E-state index in [1.807, 2.05) is 36.4 Å². The molecule has 0 atom stereocenters. The molecule has 2 heterocycles. The van der Waals surface area contributed by atoms with Crippen molar-refractivity contribution in [3.05, 3.63) is 74.9 Å². The summed E-state index contributed by atoms with van der Waals surface area (Å²) in [5.41, 5.74) is 5.85. The van der Waals surface area contributed by atoms with Crippen LogP contribution in [0, 0.1) is 0 Å². The van der Waals surface area contributed by atoms with Gasteiger partial charge in [0.2, 0.25) is 0 Å². The molecule has 0 saturated carbocycles. The van der Waals surface area contributed by atoms with E-state index in [0.717, 1.165) is 26.5 Å². The average molecular weight is 509 g/mol. The molecule has 0 radical (unpaired) electrons.